The molecule has 4 heteroatoms. The Hall–Kier alpha value is -1.16. The number of rotatable bonds is 3. The molecule has 1 N–H and O–H groups in total. The van der Waals surface area contributed by atoms with Crippen LogP contribution in [-0.4, -0.2) is 23.9 Å². The molecule has 2 rings (SSSR count). The van der Waals surface area contributed by atoms with E-state index in [1.807, 2.05) is 0 Å². The van der Waals surface area contributed by atoms with Crippen molar-refractivity contribution in [2.24, 2.45) is 5.92 Å². The molecule has 76 valence electrons. The Labute approximate surface area is 82.7 Å². The van der Waals surface area contributed by atoms with Gasteiger partial charge in [0.1, 0.15) is 12.0 Å². The summed E-state index contributed by atoms with van der Waals surface area (Å²) in [4.78, 5) is 15.1. The summed E-state index contributed by atoms with van der Waals surface area (Å²) in [5.74, 6) is 1.25. The van der Waals surface area contributed by atoms with Crippen LogP contribution in [0.1, 0.15) is 29.7 Å². The van der Waals surface area contributed by atoms with Gasteiger partial charge in [-0.1, -0.05) is 0 Å². The smallest absolute Gasteiger partial charge is 0.194 e. The Morgan fingerprint density at radius 3 is 3.21 bits per heavy atom. The average Bonchev–Trinajstić information content (AvgIpc) is 2.75. The standard InChI is InChI=1S/C10H14N2O2/c1-7(13)9-6-14-10(12-9)4-8-2-3-11-5-8/h6,8,11H,2-5H2,1H3. The number of ketones is 1. The molecule has 14 heavy (non-hydrogen) atoms. The second-order valence-electron chi connectivity index (χ2n) is 3.75. The normalized spacial score (nSPS) is 21.4. The zero-order valence-corrected chi connectivity index (χ0v) is 8.25. The number of carbonyl (C=O) groups excluding carboxylic acids is 1. The molecule has 0 spiro atoms. The number of hydrogen-bond acceptors (Lipinski definition) is 4. The second kappa shape index (κ2) is 3.92. The highest BCUT2D eigenvalue weighted by atomic mass is 16.3. The fraction of sp³-hybridized carbons (Fsp3) is 0.600. The van der Waals surface area contributed by atoms with Gasteiger partial charge in [-0.2, -0.15) is 0 Å². The molecule has 1 fully saturated rings. The third-order valence-corrected chi connectivity index (χ3v) is 2.54. The number of hydrogen-bond donors (Lipinski definition) is 1. The van der Waals surface area contributed by atoms with Crippen molar-refractivity contribution in [2.45, 2.75) is 19.8 Å². The molecular formula is C10H14N2O2. The van der Waals surface area contributed by atoms with Crippen LogP contribution in [0.25, 0.3) is 0 Å². The molecule has 0 aromatic carbocycles. The van der Waals surface area contributed by atoms with Gasteiger partial charge in [0.15, 0.2) is 11.7 Å². The van der Waals surface area contributed by atoms with Crippen molar-refractivity contribution < 1.29 is 9.21 Å². The number of carbonyl (C=O) groups is 1. The number of Topliss-reactive ketones (excluding diaryl/α,β-unsaturated/α-hetero) is 1. The third-order valence-electron chi connectivity index (χ3n) is 2.54. The molecule has 4 nitrogen and oxygen atoms in total. The largest absolute Gasteiger partial charge is 0.448 e. The maximum Gasteiger partial charge on any atom is 0.194 e. The molecule has 1 aromatic heterocycles. The van der Waals surface area contributed by atoms with Crippen LogP contribution in [0.2, 0.25) is 0 Å². The van der Waals surface area contributed by atoms with E-state index in [-0.39, 0.29) is 5.78 Å². The minimum absolute atomic E-state index is 0.0375. The SMILES string of the molecule is CC(=O)c1coc(CC2CCNC2)n1. The monoisotopic (exact) mass is 194 g/mol. The Morgan fingerprint density at radius 2 is 2.64 bits per heavy atom. The first-order valence-corrected chi connectivity index (χ1v) is 4.92. The highest BCUT2D eigenvalue weighted by Gasteiger charge is 2.18. The first kappa shape index (κ1) is 9.40. The fourth-order valence-corrected chi connectivity index (χ4v) is 1.70. The predicted octanol–water partition coefficient (Wildman–Crippen LogP) is 1.03. The van der Waals surface area contributed by atoms with Gasteiger partial charge in [0.25, 0.3) is 0 Å². The fourth-order valence-electron chi connectivity index (χ4n) is 1.70. The van der Waals surface area contributed by atoms with Crippen LogP contribution in [0.5, 0.6) is 0 Å². The van der Waals surface area contributed by atoms with E-state index in [1.54, 1.807) is 0 Å². The van der Waals surface area contributed by atoms with E-state index in [4.69, 9.17) is 4.42 Å². The van der Waals surface area contributed by atoms with Crippen LogP contribution >= 0.6 is 0 Å². The van der Waals surface area contributed by atoms with Gasteiger partial charge in [-0.05, 0) is 25.4 Å². The molecule has 0 amide bonds. The van der Waals surface area contributed by atoms with Crippen LogP contribution in [0.15, 0.2) is 10.7 Å². The van der Waals surface area contributed by atoms with Gasteiger partial charge in [0, 0.05) is 13.3 Å². The molecule has 0 aliphatic carbocycles. The number of oxazole rings is 1. The van der Waals surface area contributed by atoms with E-state index in [0.717, 1.165) is 25.9 Å². The zero-order chi connectivity index (χ0) is 9.97. The Bertz CT molecular complexity index is 327. The van der Waals surface area contributed by atoms with Crippen molar-refractivity contribution in [3.8, 4) is 0 Å². The van der Waals surface area contributed by atoms with Gasteiger partial charge in [0.05, 0.1) is 0 Å². The summed E-state index contributed by atoms with van der Waals surface area (Å²) >= 11 is 0. The Kier molecular flexibility index (Phi) is 2.63. The summed E-state index contributed by atoms with van der Waals surface area (Å²) in [6.07, 6.45) is 3.44. The molecule has 2 heterocycles. The molecule has 1 aliphatic heterocycles. The summed E-state index contributed by atoms with van der Waals surface area (Å²) in [5, 5.41) is 3.29. The maximum absolute atomic E-state index is 11.0. The predicted molar refractivity (Wildman–Crippen MR) is 51.2 cm³/mol. The summed E-state index contributed by atoms with van der Waals surface area (Å²) < 4.78 is 5.23. The van der Waals surface area contributed by atoms with Crippen LogP contribution < -0.4 is 5.32 Å². The van der Waals surface area contributed by atoms with Crippen molar-refractivity contribution in [3.05, 3.63) is 17.8 Å². The lowest BCUT2D eigenvalue weighted by Gasteiger charge is -2.02. The molecule has 1 saturated heterocycles. The summed E-state index contributed by atoms with van der Waals surface area (Å²) in [6, 6.07) is 0. The van der Waals surface area contributed by atoms with Gasteiger partial charge in [-0.15, -0.1) is 0 Å². The molecule has 1 aliphatic rings. The van der Waals surface area contributed by atoms with E-state index >= 15 is 0 Å². The van der Waals surface area contributed by atoms with Gasteiger partial charge in [0.2, 0.25) is 0 Å². The molecule has 1 unspecified atom stereocenters. The van der Waals surface area contributed by atoms with Crippen molar-refractivity contribution in [2.75, 3.05) is 13.1 Å². The Morgan fingerprint density at radius 1 is 1.79 bits per heavy atom. The summed E-state index contributed by atoms with van der Waals surface area (Å²) in [6.45, 7) is 3.60. The van der Waals surface area contributed by atoms with Crippen molar-refractivity contribution in [3.63, 3.8) is 0 Å². The average molecular weight is 194 g/mol. The molecular weight excluding hydrogens is 180 g/mol. The van der Waals surface area contributed by atoms with Gasteiger partial charge < -0.3 is 9.73 Å². The lowest BCUT2D eigenvalue weighted by molar-refractivity contribution is 0.101. The summed E-state index contributed by atoms with van der Waals surface area (Å²) in [5.41, 5.74) is 0.436. The topological polar surface area (TPSA) is 55.1 Å². The van der Waals surface area contributed by atoms with Crippen LogP contribution in [0.4, 0.5) is 0 Å². The second-order valence-corrected chi connectivity index (χ2v) is 3.75. The van der Waals surface area contributed by atoms with E-state index < -0.39 is 0 Å². The minimum atomic E-state index is -0.0375. The van der Waals surface area contributed by atoms with Crippen molar-refractivity contribution in [1.82, 2.24) is 10.3 Å². The highest BCUT2D eigenvalue weighted by molar-refractivity contribution is 5.91. The first-order valence-electron chi connectivity index (χ1n) is 4.92. The number of nitrogens with one attached hydrogen (secondary N) is 1. The van der Waals surface area contributed by atoms with Gasteiger partial charge >= 0.3 is 0 Å². The number of nitrogens with zero attached hydrogens (tertiary/aromatic N) is 1. The van der Waals surface area contributed by atoms with Crippen LogP contribution in [0, 0.1) is 5.92 Å². The summed E-state index contributed by atoms with van der Waals surface area (Å²) in [7, 11) is 0. The third kappa shape index (κ3) is 2.01. The molecule has 1 aromatic rings. The zero-order valence-electron chi connectivity index (χ0n) is 8.25. The van der Waals surface area contributed by atoms with E-state index in [9.17, 15) is 4.79 Å². The maximum atomic E-state index is 11.0. The van der Waals surface area contributed by atoms with Crippen LogP contribution in [0.3, 0.4) is 0 Å². The molecule has 0 bridgehead atoms. The van der Waals surface area contributed by atoms with Gasteiger partial charge in [-0.25, -0.2) is 4.98 Å². The molecule has 0 radical (unpaired) electrons. The van der Waals surface area contributed by atoms with Gasteiger partial charge in [-0.3, -0.25) is 4.79 Å². The van der Waals surface area contributed by atoms with E-state index in [0.29, 0.717) is 17.5 Å². The lowest BCUT2D eigenvalue weighted by Crippen LogP contribution is -2.11. The van der Waals surface area contributed by atoms with E-state index in [2.05, 4.69) is 10.3 Å². The molecule has 0 saturated carbocycles. The lowest BCUT2D eigenvalue weighted by atomic mass is 10.1. The van der Waals surface area contributed by atoms with Crippen molar-refractivity contribution in [1.29, 1.82) is 0 Å². The molecule has 1 atom stereocenters. The Balaban J connectivity index is 1.98. The van der Waals surface area contributed by atoms with Crippen molar-refractivity contribution >= 4 is 5.78 Å². The highest BCUT2D eigenvalue weighted by Crippen LogP contribution is 2.14. The van der Waals surface area contributed by atoms with E-state index in [1.165, 1.54) is 13.2 Å². The number of aromatic nitrogens is 1. The van der Waals surface area contributed by atoms with Crippen LogP contribution in [-0.2, 0) is 6.42 Å². The quantitative estimate of drug-likeness (QED) is 0.730. The minimum Gasteiger partial charge on any atom is -0.448 e. The first-order chi connectivity index (χ1) is 6.75.